The van der Waals surface area contributed by atoms with E-state index in [4.69, 9.17) is 10.5 Å². The first-order valence-corrected chi connectivity index (χ1v) is 5.98. The van der Waals surface area contributed by atoms with Gasteiger partial charge in [0.15, 0.2) is 0 Å². The fraction of sp³-hybridized carbons (Fsp3) is 0.0833. The molecule has 0 bridgehead atoms. The lowest BCUT2D eigenvalue weighted by Crippen LogP contribution is -2.12. The highest BCUT2D eigenvalue weighted by Gasteiger charge is 2.09. The summed E-state index contributed by atoms with van der Waals surface area (Å²) >= 11 is 3.27. The zero-order valence-corrected chi connectivity index (χ0v) is 11.2. The number of carbonyl (C=O) groups excluding carboxylic acids is 1. The number of carbonyl (C=O) groups is 1. The summed E-state index contributed by atoms with van der Waals surface area (Å²) < 4.78 is 5.91. The van der Waals surface area contributed by atoms with Crippen molar-refractivity contribution >= 4 is 33.2 Å². The lowest BCUT2D eigenvalue weighted by Gasteiger charge is -2.08. The minimum absolute atomic E-state index is 0.229. The molecule has 0 aliphatic carbocycles. The highest BCUT2D eigenvalue weighted by molar-refractivity contribution is 9.10. The summed E-state index contributed by atoms with van der Waals surface area (Å²) in [5, 5.41) is 2.75. The number of aromatic amines is 1. The molecule has 1 aromatic carbocycles. The Morgan fingerprint density at radius 2 is 2.22 bits per heavy atom. The highest BCUT2D eigenvalue weighted by Crippen LogP contribution is 2.25. The first-order valence-electron chi connectivity index (χ1n) is 5.19. The SMILES string of the molecule is COc1cc(NC(=O)c2cc(Br)c[nH]2)ccc1N. The standard InChI is InChI=1S/C12H12BrN3O2/c1-18-11-5-8(2-3-9(11)14)16-12(17)10-4-7(13)6-15-10/h2-6,15H,14H2,1H3,(H,16,17). The van der Waals surface area contributed by atoms with Gasteiger partial charge >= 0.3 is 0 Å². The number of aromatic nitrogens is 1. The van der Waals surface area contributed by atoms with Crippen molar-refractivity contribution < 1.29 is 9.53 Å². The molecule has 1 amide bonds. The quantitative estimate of drug-likeness (QED) is 0.762. The van der Waals surface area contributed by atoms with Gasteiger partial charge in [0, 0.05) is 22.4 Å². The molecule has 2 rings (SSSR count). The molecule has 0 saturated carbocycles. The highest BCUT2D eigenvalue weighted by atomic mass is 79.9. The summed E-state index contributed by atoms with van der Waals surface area (Å²) in [7, 11) is 1.53. The van der Waals surface area contributed by atoms with E-state index in [9.17, 15) is 4.79 Å². The number of ether oxygens (including phenoxy) is 1. The molecule has 0 fully saturated rings. The van der Waals surface area contributed by atoms with Crippen LogP contribution in [0, 0.1) is 0 Å². The van der Waals surface area contributed by atoms with Crippen LogP contribution in [0.2, 0.25) is 0 Å². The molecular formula is C12H12BrN3O2. The van der Waals surface area contributed by atoms with E-state index in [1.807, 2.05) is 0 Å². The molecule has 0 aliphatic heterocycles. The number of anilines is 2. The van der Waals surface area contributed by atoms with E-state index in [-0.39, 0.29) is 5.91 Å². The number of rotatable bonds is 3. The van der Waals surface area contributed by atoms with Crippen LogP contribution in [0.1, 0.15) is 10.5 Å². The van der Waals surface area contributed by atoms with Gasteiger partial charge in [-0.2, -0.15) is 0 Å². The largest absolute Gasteiger partial charge is 0.495 e. The van der Waals surface area contributed by atoms with Gasteiger partial charge in [0.2, 0.25) is 0 Å². The summed E-state index contributed by atoms with van der Waals surface area (Å²) in [4.78, 5) is 14.7. The smallest absolute Gasteiger partial charge is 0.272 e. The van der Waals surface area contributed by atoms with Crippen molar-refractivity contribution in [2.24, 2.45) is 0 Å². The Bertz CT molecular complexity index is 580. The maximum atomic E-state index is 11.9. The lowest BCUT2D eigenvalue weighted by atomic mass is 10.2. The van der Waals surface area contributed by atoms with Gasteiger partial charge in [0.05, 0.1) is 12.8 Å². The molecule has 0 saturated heterocycles. The van der Waals surface area contributed by atoms with Gasteiger partial charge in [-0.05, 0) is 34.1 Å². The molecule has 2 aromatic rings. The number of methoxy groups -OCH3 is 1. The molecular weight excluding hydrogens is 298 g/mol. The average Bonchev–Trinajstić information content (AvgIpc) is 2.78. The van der Waals surface area contributed by atoms with Gasteiger partial charge in [-0.25, -0.2) is 0 Å². The van der Waals surface area contributed by atoms with Crippen LogP contribution >= 0.6 is 15.9 Å². The molecule has 0 radical (unpaired) electrons. The molecule has 0 aliphatic rings. The number of benzene rings is 1. The fourth-order valence-corrected chi connectivity index (χ4v) is 1.83. The number of amides is 1. The second-order valence-corrected chi connectivity index (χ2v) is 4.56. The number of H-pyrrole nitrogens is 1. The Labute approximate surface area is 112 Å². The van der Waals surface area contributed by atoms with Crippen LogP contribution in [0.25, 0.3) is 0 Å². The molecule has 4 N–H and O–H groups in total. The number of nitrogen functional groups attached to an aromatic ring is 1. The third-order valence-electron chi connectivity index (χ3n) is 2.38. The Balaban J connectivity index is 2.16. The maximum Gasteiger partial charge on any atom is 0.272 e. The monoisotopic (exact) mass is 309 g/mol. The molecule has 0 atom stereocenters. The normalized spacial score (nSPS) is 10.1. The zero-order valence-electron chi connectivity index (χ0n) is 9.66. The van der Waals surface area contributed by atoms with Crippen molar-refractivity contribution in [3.05, 3.63) is 40.6 Å². The summed E-state index contributed by atoms with van der Waals surface area (Å²) in [6.45, 7) is 0. The van der Waals surface area contributed by atoms with E-state index in [1.165, 1.54) is 7.11 Å². The Morgan fingerprint density at radius 3 is 2.83 bits per heavy atom. The lowest BCUT2D eigenvalue weighted by molar-refractivity contribution is 0.102. The van der Waals surface area contributed by atoms with E-state index in [0.29, 0.717) is 22.8 Å². The maximum absolute atomic E-state index is 11.9. The zero-order chi connectivity index (χ0) is 13.1. The van der Waals surface area contributed by atoms with Gasteiger partial charge in [-0.3, -0.25) is 4.79 Å². The van der Waals surface area contributed by atoms with Crippen LogP contribution in [0.15, 0.2) is 34.9 Å². The van der Waals surface area contributed by atoms with Gasteiger partial charge in [0.25, 0.3) is 5.91 Å². The number of nitrogens with two attached hydrogens (primary N) is 1. The summed E-state index contributed by atoms with van der Waals surface area (Å²) in [5.74, 6) is 0.299. The minimum atomic E-state index is -0.229. The molecule has 94 valence electrons. The van der Waals surface area contributed by atoms with Gasteiger partial charge in [-0.1, -0.05) is 0 Å². The number of halogens is 1. The van der Waals surface area contributed by atoms with Crippen LogP contribution in [-0.2, 0) is 0 Å². The molecule has 1 heterocycles. The number of nitrogens with one attached hydrogen (secondary N) is 2. The van der Waals surface area contributed by atoms with Crippen molar-refractivity contribution in [2.45, 2.75) is 0 Å². The second-order valence-electron chi connectivity index (χ2n) is 3.64. The first kappa shape index (κ1) is 12.5. The predicted octanol–water partition coefficient (Wildman–Crippen LogP) is 2.62. The van der Waals surface area contributed by atoms with E-state index in [0.717, 1.165) is 4.47 Å². The Hall–Kier alpha value is -1.95. The Morgan fingerprint density at radius 1 is 1.44 bits per heavy atom. The first-order chi connectivity index (χ1) is 8.60. The van der Waals surface area contributed by atoms with Crippen molar-refractivity contribution in [2.75, 3.05) is 18.2 Å². The molecule has 5 nitrogen and oxygen atoms in total. The fourth-order valence-electron chi connectivity index (χ4n) is 1.49. The van der Waals surface area contributed by atoms with Gasteiger partial charge in [-0.15, -0.1) is 0 Å². The van der Waals surface area contributed by atoms with E-state index in [2.05, 4.69) is 26.2 Å². The van der Waals surface area contributed by atoms with Crippen LogP contribution in [0.5, 0.6) is 5.75 Å². The van der Waals surface area contributed by atoms with Crippen molar-refractivity contribution in [3.8, 4) is 5.75 Å². The van der Waals surface area contributed by atoms with Crippen LogP contribution < -0.4 is 15.8 Å². The molecule has 18 heavy (non-hydrogen) atoms. The van der Waals surface area contributed by atoms with E-state index in [1.54, 1.807) is 30.5 Å². The Kier molecular flexibility index (Phi) is 3.57. The van der Waals surface area contributed by atoms with E-state index < -0.39 is 0 Å². The number of hydrogen-bond donors (Lipinski definition) is 3. The van der Waals surface area contributed by atoms with Crippen molar-refractivity contribution in [1.82, 2.24) is 4.98 Å². The third-order valence-corrected chi connectivity index (χ3v) is 2.84. The van der Waals surface area contributed by atoms with Crippen LogP contribution in [0.4, 0.5) is 11.4 Å². The summed E-state index contributed by atoms with van der Waals surface area (Å²) in [6, 6.07) is 6.77. The molecule has 1 aromatic heterocycles. The third kappa shape index (κ3) is 2.65. The van der Waals surface area contributed by atoms with E-state index >= 15 is 0 Å². The van der Waals surface area contributed by atoms with Crippen molar-refractivity contribution in [3.63, 3.8) is 0 Å². The summed E-state index contributed by atoms with van der Waals surface area (Å²) in [6.07, 6.45) is 1.69. The topological polar surface area (TPSA) is 80.1 Å². The van der Waals surface area contributed by atoms with Gasteiger partial charge < -0.3 is 20.8 Å². The second kappa shape index (κ2) is 5.14. The minimum Gasteiger partial charge on any atom is -0.495 e. The van der Waals surface area contributed by atoms with Crippen LogP contribution in [-0.4, -0.2) is 18.0 Å². The number of hydrogen-bond acceptors (Lipinski definition) is 3. The average molecular weight is 310 g/mol. The molecule has 0 unspecified atom stereocenters. The predicted molar refractivity (Wildman–Crippen MR) is 73.9 cm³/mol. The van der Waals surface area contributed by atoms with Gasteiger partial charge in [0.1, 0.15) is 11.4 Å². The summed E-state index contributed by atoms with van der Waals surface area (Å²) in [5.41, 5.74) is 7.31. The van der Waals surface area contributed by atoms with Crippen LogP contribution in [0.3, 0.4) is 0 Å². The molecule has 0 spiro atoms. The van der Waals surface area contributed by atoms with Crippen molar-refractivity contribution in [1.29, 1.82) is 0 Å². The molecule has 6 heteroatoms.